The zero-order chi connectivity index (χ0) is 20.1. The third-order valence-corrected chi connectivity index (χ3v) is 4.60. The molecule has 1 heterocycles. The Hall–Kier alpha value is -3.02. The topological polar surface area (TPSA) is 76.7 Å². The van der Waals surface area contributed by atoms with Crippen LogP contribution in [0.2, 0.25) is 0 Å². The highest BCUT2D eigenvalue weighted by molar-refractivity contribution is 5.96. The molecule has 0 bridgehead atoms. The van der Waals surface area contributed by atoms with Gasteiger partial charge in [-0.15, -0.1) is 0 Å². The van der Waals surface area contributed by atoms with Crippen LogP contribution in [0.1, 0.15) is 42.3 Å². The number of carbonyl (C=O) groups is 2. The van der Waals surface area contributed by atoms with E-state index >= 15 is 0 Å². The van der Waals surface area contributed by atoms with Crippen molar-refractivity contribution >= 4 is 11.8 Å². The molecule has 0 atom stereocenters. The van der Waals surface area contributed by atoms with Crippen LogP contribution >= 0.6 is 0 Å². The first-order valence-corrected chi connectivity index (χ1v) is 9.37. The number of hydrogen-bond acceptors (Lipinski definition) is 4. The van der Waals surface area contributed by atoms with Crippen LogP contribution in [-0.2, 0) is 16.6 Å². The predicted octanol–water partition coefficient (Wildman–Crippen LogP) is 2.80. The molecule has 2 amide bonds. The Kier molecular flexibility index (Phi) is 5.87. The summed E-state index contributed by atoms with van der Waals surface area (Å²) in [6.07, 6.45) is 0.671. The molecule has 1 aliphatic heterocycles. The molecule has 0 spiro atoms. The lowest BCUT2D eigenvalue weighted by molar-refractivity contribution is -0.120. The molecule has 0 saturated carbocycles. The lowest BCUT2D eigenvalue weighted by Gasteiger charge is -2.19. The van der Waals surface area contributed by atoms with Gasteiger partial charge >= 0.3 is 0 Å². The third-order valence-electron chi connectivity index (χ3n) is 4.60. The number of rotatable bonds is 6. The van der Waals surface area contributed by atoms with Gasteiger partial charge in [0.2, 0.25) is 12.7 Å². The largest absolute Gasteiger partial charge is 0.454 e. The van der Waals surface area contributed by atoms with Crippen molar-refractivity contribution in [3.63, 3.8) is 0 Å². The molecule has 3 rings (SSSR count). The second-order valence-electron chi connectivity index (χ2n) is 7.80. The van der Waals surface area contributed by atoms with Crippen LogP contribution in [0.4, 0.5) is 0 Å². The van der Waals surface area contributed by atoms with E-state index in [0.29, 0.717) is 18.5 Å². The summed E-state index contributed by atoms with van der Waals surface area (Å²) in [6, 6.07) is 13.2. The fraction of sp³-hybridized carbons (Fsp3) is 0.364. The molecule has 1 aliphatic rings. The van der Waals surface area contributed by atoms with Crippen LogP contribution in [-0.4, -0.2) is 31.7 Å². The van der Waals surface area contributed by atoms with Crippen molar-refractivity contribution in [3.8, 4) is 11.5 Å². The van der Waals surface area contributed by atoms with Crippen LogP contribution in [0.3, 0.4) is 0 Å². The van der Waals surface area contributed by atoms with Crippen molar-refractivity contribution in [1.82, 2.24) is 10.6 Å². The fourth-order valence-electron chi connectivity index (χ4n) is 2.89. The van der Waals surface area contributed by atoms with Gasteiger partial charge in [0.05, 0.1) is 6.54 Å². The van der Waals surface area contributed by atoms with Crippen molar-refractivity contribution < 1.29 is 19.1 Å². The first kappa shape index (κ1) is 19.7. The molecular formula is C22H26N2O4. The molecular weight excluding hydrogens is 356 g/mol. The van der Waals surface area contributed by atoms with Gasteiger partial charge in [-0.1, -0.05) is 39.0 Å². The van der Waals surface area contributed by atoms with Crippen molar-refractivity contribution in [1.29, 1.82) is 0 Å². The molecule has 28 heavy (non-hydrogen) atoms. The van der Waals surface area contributed by atoms with E-state index in [4.69, 9.17) is 9.47 Å². The van der Waals surface area contributed by atoms with Gasteiger partial charge in [-0.3, -0.25) is 9.59 Å². The van der Waals surface area contributed by atoms with E-state index < -0.39 is 0 Å². The number of benzene rings is 2. The van der Waals surface area contributed by atoms with Gasteiger partial charge in [-0.25, -0.2) is 0 Å². The van der Waals surface area contributed by atoms with Crippen LogP contribution in [0, 0.1) is 0 Å². The van der Waals surface area contributed by atoms with Crippen molar-refractivity contribution in [2.45, 2.75) is 32.6 Å². The quantitative estimate of drug-likeness (QED) is 0.805. The summed E-state index contributed by atoms with van der Waals surface area (Å²) in [4.78, 5) is 24.2. The highest BCUT2D eigenvalue weighted by atomic mass is 16.7. The van der Waals surface area contributed by atoms with E-state index in [2.05, 4.69) is 31.4 Å². The Bertz CT molecular complexity index is 854. The molecule has 0 aliphatic carbocycles. The van der Waals surface area contributed by atoms with Crippen molar-refractivity contribution in [2.24, 2.45) is 0 Å². The minimum Gasteiger partial charge on any atom is -0.454 e. The average Bonchev–Trinajstić information content (AvgIpc) is 3.13. The maximum absolute atomic E-state index is 12.2. The van der Waals surface area contributed by atoms with E-state index in [-0.39, 0.29) is 30.6 Å². The normalized spacial score (nSPS) is 12.5. The summed E-state index contributed by atoms with van der Waals surface area (Å²) >= 11 is 0. The molecule has 6 heteroatoms. The van der Waals surface area contributed by atoms with E-state index in [1.54, 1.807) is 12.1 Å². The molecule has 6 nitrogen and oxygen atoms in total. The van der Waals surface area contributed by atoms with Crippen LogP contribution < -0.4 is 20.1 Å². The number of amides is 2. The second kappa shape index (κ2) is 8.33. The first-order valence-electron chi connectivity index (χ1n) is 9.37. The number of carbonyl (C=O) groups excluding carboxylic acids is 2. The van der Waals surface area contributed by atoms with E-state index in [1.165, 1.54) is 0 Å². The third kappa shape index (κ3) is 5.03. The molecule has 2 aromatic rings. The van der Waals surface area contributed by atoms with Crippen LogP contribution in [0.25, 0.3) is 0 Å². The zero-order valence-electron chi connectivity index (χ0n) is 16.5. The fourth-order valence-corrected chi connectivity index (χ4v) is 2.89. The molecule has 0 unspecified atom stereocenters. The van der Waals surface area contributed by atoms with Gasteiger partial charge in [0.25, 0.3) is 5.91 Å². The SMILES string of the molecule is CC(C)(C)c1ccc(C(=O)NCC(=O)NCCc2ccc3c(c2)OCO3)cc1. The lowest BCUT2D eigenvalue weighted by Crippen LogP contribution is -2.37. The molecule has 0 saturated heterocycles. The Morgan fingerprint density at radius 1 is 0.964 bits per heavy atom. The van der Waals surface area contributed by atoms with Crippen molar-refractivity contribution in [2.75, 3.05) is 19.9 Å². The summed E-state index contributed by atoms with van der Waals surface area (Å²) in [5, 5.41) is 5.46. The monoisotopic (exact) mass is 382 g/mol. The summed E-state index contributed by atoms with van der Waals surface area (Å²) in [5.41, 5.74) is 2.78. The minimum atomic E-state index is -0.258. The Labute approximate surface area is 165 Å². The highest BCUT2D eigenvalue weighted by Gasteiger charge is 2.15. The van der Waals surface area contributed by atoms with Gasteiger partial charge < -0.3 is 20.1 Å². The summed E-state index contributed by atoms with van der Waals surface area (Å²) < 4.78 is 10.6. The van der Waals surface area contributed by atoms with E-state index in [9.17, 15) is 9.59 Å². The van der Waals surface area contributed by atoms with Crippen LogP contribution in [0.15, 0.2) is 42.5 Å². The maximum atomic E-state index is 12.2. The standard InChI is InChI=1S/C22H26N2O4/c1-22(2,3)17-7-5-16(6-8-17)21(26)24-13-20(25)23-11-10-15-4-9-18-19(12-15)28-14-27-18/h4-9,12H,10-11,13-14H2,1-3H3,(H,23,25)(H,24,26). The average molecular weight is 382 g/mol. The van der Waals surface area contributed by atoms with Gasteiger partial charge in [0.15, 0.2) is 11.5 Å². The Morgan fingerprint density at radius 2 is 1.68 bits per heavy atom. The van der Waals surface area contributed by atoms with Gasteiger partial charge in [0.1, 0.15) is 0 Å². The van der Waals surface area contributed by atoms with Gasteiger partial charge in [-0.05, 0) is 47.2 Å². The smallest absolute Gasteiger partial charge is 0.251 e. The van der Waals surface area contributed by atoms with Gasteiger partial charge in [-0.2, -0.15) is 0 Å². The predicted molar refractivity (Wildman–Crippen MR) is 107 cm³/mol. The minimum absolute atomic E-state index is 0.0346. The molecule has 148 valence electrons. The number of ether oxygens (including phenoxy) is 2. The zero-order valence-corrected chi connectivity index (χ0v) is 16.5. The number of fused-ring (bicyclic) bond motifs is 1. The second-order valence-corrected chi connectivity index (χ2v) is 7.80. The van der Waals surface area contributed by atoms with Crippen LogP contribution in [0.5, 0.6) is 11.5 Å². The molecule has 2 aromatic carbocycles. The van der Waals surface area contributed by atoms with E-state index in [1.807, 2.05) is 30.3 Å². The number of hydrogen-bond donors (Lipinski definition) is 2. The highest BCUT2D eigenvalue weighted by Crippen LogP contribution is 2.32. The molecule has 0 aromatic heterocycles. The van der Waals surface area contributed by atoms with Gasteiger partial charge in [0, 0.05) is 12.1 Å². The Balaban J connectivity index is 1.41. The summed E-state index contributed by atoms with van der Waals surface area (Å²) in [6.45, 7) is 7.03. The Morgan fingerprint density at radius 3 is 2.39 bits per heavy atom. The lowest BCUT2D eigenvalue weighted by atomic mass is 9.87. The summed E-state index contributed by atoms with van der Waals surface area (Å²) in [7, 11) is 0. The maximum Gasteiger partial charge on any atom is 0.251 e. The first-order chi connectivity index (χ1) is 13.3. The van der Waals surface area contributed by atoms with E-state index in [0.717, 1.165) is 22.6 Å². The molecule has 0 radical (unpaired) electrons. The molecule has 2 N–H and O–H groups in total. The molecule has 0 fully saturated rings. The summed E-state index contributed by atoms with van der Waals surface area (Å²) in [5.74, 6) is 0.992. The number of nitrogens with one attached hydrogen (secondary N) is 2. The van der Waals surface area contributed by atoms with Crippen molar-refractivity contribution in [3.05, 3.63) is 59.2 Å².